The van der Waals surface area contributed by atoms with Gasteiger partial charge in [0.25, 0.3) is 0 Å². The van der Waals surface area contributed by atoms with Gasteiger partial charge in [-0.2, -0.15) is 5.26 Å². The first-order valence-electron chi connectivity index (χ1n) is 22.2. The van der Waals surface area contributed by atoms with Crippen LogP contribution in [0.2, 0.25) is 0 Å². The number of hydrogen-bond acceptors (Lipinski definition) is 1. The molecule has 0 saturated carbocycles. The van der Waals surface area contributed by atoms with Gasteiger partial charge in [-0.3, -0.25) is 0 Å². The average Bonchev–Trinajstić information content (AvgIpc) is 4.00. The predicted molar refractivity (Wildman–Crippen MR) is 268 cm³/mol. The molecule has 302 valence electrons. The molecule has 0 unspecified atom stereocenters. The van der Waals surface area contributed by atoms with E-state index in [1.807, 2.05) is 24.3 Å². The average molecular weight is 826 g/mol. The quantitative estimate of drug-likeness (QED) is 0.164. The second-order valence-corrected chi connectivity index (χ2v) is 17.2. The minimum atomic E-state index is -0.478. The lowest BCUT2D eigenvalue weighted by Crippen LogP contribution is -2.28. The zero-order chi connectivity index (χ0) is 43.1. The molecule has 12 aromatic rings. The van der Waals surface area contributed by atoms with Crippen LogP contribution in [-0.4, -0.2) is 9.13 Å². The summed E-state index contributed by atoms with van der Waals surface area (Å²) in [6.07, 6.45) is 0. The molecule has 0 aliphatic heterocycles. The van der Waals surface area contributed by atoms with Gasteiger partial charge in [0.2, 0.25) is 0 Å². The second-order valence-electron chi connectivity index (χ2n) is 17.2. The van der Waals surface area contributed by atoms with Gasteiger partial charge < -0.3 is 9.13 Å². The Balaban J connectivity index is 0.948. The summed E-state index contributed by atoms with van der Waals surface area (Å²) in [7, 11) is 0. The highest BCUT2D eigenvalue weighted by Gasteiger charge is 2.46. The van der Waals surface area contributed by atoms with Crippen molar-refractivity contribution in [2.45, 2.75) is 5.41 Å². The lowest BCUT2D eigenvalue weighted by Gasteiger charge is -2.34. The zero-order valence-electron chi connectivity index (χ0n) is 35.4. The molecule has 0 radical (unpaired) electrons. The summed E-state index contributed by atoms with van der Waals surface area (Å²) in [6.45, 7) is 0. The first-order valence-corrected chi connectivity index (χ1v) is 22.2. The third-order valence-electron chi connectivity index (χ3n) is 13.9. The van der Waals surface area contributed by atoms with Crippen LogP contribution in [0.25, 0.3) is 88.4 Å². The van der Waals surface area contributed by atoms with Crippen molar-refractivity contribution in [1.82, 2.24) is 9.13 Å². The third kappa shape index (κ3) is 5.48. The number of fused-ring (bicyclic) bond motifs is 9. The SMILES string of the molecule is N#Cc1ccc(-c2ccc(-n3c4ccccc4c4cc(-c5ccc6c(c5)c5ccccc5n6-c5ccc6c(c5)C(c5ccccc5)(c5ccccc5)c5ccccc5-6)ccc43)cc2)cc1. The molecular formula is C62H39N3. The van der Waals surface area contributed by atoms with Crippen LogP contribution >= 0.6 is 0 Å². The lowest BCUT2D eigenvalue weighted by molar-refractivity contribution is 0.767. The van der Waals surface area contributed by atoms with Gasteiger partial charge in [0.15, 0.2) is 0 Å². The second kappa shape index (κ2) is 14.4. The van der Waals surface area contributed by atoms with E-state index in [2.05, 4.69) is 228 Å². The maximum absolute atomic E-state index is 9.28. The summed E-state index contributed by atoms with van der Waals surface area (Å²) in [6, 6.07) is 88.3. The highest BCUT2D eigenvalue weighted by atomic mass is 15.0. The number of para-hydroxylation sites is 2. The summed E-state index contributed by atoms with van der Waals surface area (Å²) < 4.78 is 4.83. The fraction of sp³-hybridized carbons (Fsp3) is 0.0161. The Morgan fingerprint density at radius 1 is 0.323 bits per heavy atom. The fourth-order valence-corrected chi connectivity index (χ4v) is 11.0. The first kappa shape index (κ1) is 36.9. The van der Waals surface area contributed by atoms with Gasteiger partial charge >= 0.3 is 0 Å². The maximum atomic E-state index is 9.28. The first-order chi connectivity index (χ1) is 32.2. The van der Waals surface area contributed by atoms with E-state index >= 15 is 0 Å². The number of nitrogens with zero attached hydrogens (tertiary/aromatic N) is 3. The van der Waals surface area contributed by atoms with Gasteiger partial charge in [-0.05, 0) is 128 Å². The van der Waals surface area contributed by atoms with Crippen LogP contribution in [0.1, 0.15) is 27.8 Å². The van der Waals surface area contributed by atoms with Crippen molar-refractivity contribution in [2.75, 3.05) is 0 Å². The van der Waals surface area contributed by atoms with Crippen LogP contribution in [0.3, 0.4) is 0 Å². The highest BCUT2D eigenvalue weighted by Crippen LogP contribution is 2.56. The molecule has 0 amide bonds. The van der Waals surface area contributed by atoms with Crippen molar-refractivity contribution in [2.24, 2.45) is 0 Å². The van der Waals surface area contributed by atoms with Crippen LogP contribution in [-0.2, 0) is 5.41 Å². The monoisotopic (exact) mass is 825 g/mol. The van der Waals surface area contributed by atoms with E-state index in [1.54, 1.807) is 0 Å². The molecule has 0 bridgehead atoms. The van der Waals surface area contributed by atoms with Gasteiger partial charge in [-0.15, -0.1) is 0 Å². The fourth-order valence-electron chi connectivity index (χ4n) is 11.0. The van der Waals surface area contributed by atoms with E-state index in [9.17, 15) is 5.26 Å². The van der Waals surface area contributed by atoms with Gasteiger partial charge in [0.05, 0.1) is 39.1 Å². The number of rotatable bonds is 6. The number of nitriles is 1. The van der Waals surface area contributed by atoms with E-state index in [1.165, 1.54) is 88.1 Å². The Bertz CT molecular complexity index is 3830. The largest absolute Gasteiger partial charge is 0.309 e. The number of hydrogen-bond donors (Lipinski definition) is 0. The minimum Gasteiger partial charge on any atom is -0.309 e. The van der Waals surface area contributed by atoms with Crippen LogP contribution in [0.15, 0.2) is 237 Å². The zero-order valence-corrected chi connectivity index (χ0v) is 35.4. The molecule has 3 heteroatoms. The molecule has 0 fully saturated rings. The van der Waals surface area contributed by atoms with Crippen molar-refractivity contribution in [3.63, 3.8) is 0 Å². The smallest absolute Gasteiger partial charge is 0.0991 e. The molecule has 2 heterocycles. The molecule has 2 aromatic heterocycles. The summed E-state index contributed by atoms with van der Waals surface area (Å²) in [5.41, 5.74) is 19.4. The van der Waals surface area contributed by atoms with E-state index < -0.39 is 5.41 Å². The minimum absolute atomic E-state index is 0.478. The highest BCUT2D eigenvalue weighted by molar-refractivity contribution is 6.13. The van der Waals surface area contributed by atoms with Crippen molar-refractivity contribution in [3.8, 4) is 50.8 Å². The van der Waals surface area contributed by atoms with Crippen molar-refractivity contribution < 1.29 is 0 Å². The molecule has 0 saturated heterocycles. The van der Waals surface area contributed by atoms with Crippen molar-refractivity contribution in [1.29, 1.82) is 5.26 Å². The van der Waals surface area contributed by atoms with Crippen LogP contribution < -0.4 is 0 Å². The lowest BCUT2D eigenvalue weighted by atomic mass is 9.67. The number of benzene rings is 10. The predicted octanol–water partition coefficient (Wildman–Crippen LogP) is 15.4. The molecule has 0 spiro atoms. The molecule has 65 heavy (non-hydrogen) atoms. The Morgan fingerprint density at radius 2 is 0.769 bits per heavy atom. The Kier molecular flexibility index (Phi) is 8.19. The topological polar surface area (TPSA) is 33.6 Å². The van der Waals surface area contributed by atoms with Crippen molar-refractivity contribution in [3.05, 3.63) is 264 Å². The summed E-state index contributed by atoms with van der Waals surface area (Å²) >= 11 is 0. The summed E-state index contributed by atoms with van der Waals surface area (Å²) in [5.74, 6) is 0. The molecular weight excluding hydrogens is 787 g/mol. The maximum Gasteiger partial charge on any atom is 0.0991 e. The summed E-state index contributed by atoms with van der Waals surface area (Å²) in [5, 5.41) is 14.2. The molecule has 3 nitrogen and oxygen atoms in total. The van der Waals surface area contributed by atoms with Crippen LogP contribution in [0.5, 0.6) is 0 Å². The Labute approximate surface area is 377 Å². The molecule has 0 N–H and O–H groups in total. The van der Waals surface area contributed by atoms with E-state index in [0.29, 0.717) is 5.56 Å². The molecule has 1 aliphatic carbocycles. The molecule has 10 aromatic carbocycles. The number of aromatic nitrogens is 2. The van der Waals surface area contributed by atoms with Crippen LogP contribution in [0.4, 0.5) is 0 Å². The molecule has 1 aliphatic rings. The van der Waals surface area contributed by atoms with Gasteiger partial charge in [0.1, 0.15) is 0 Å². The van der Waals surface area contributed by atoms with Gasteiger partial charge in [-0.1, -0.05) is 164 Å². The van der Waals surface area contributed by atoms with Crippen molar-refractivity contribution >= 4 is 43.6 Å². The third-order valence-corrected chi connectivity index (χ3v) is 13.9. The Hall–Kier alpha value is -8.71. The normalized spacial score (nSPS) is 12.7. The Morgan fingerprint density at radius 3 is 1.35 bits per heavy atom. The van der Waals surface area contributed by atoms with E-state index in [0.717, 1.165) is 22.5 Å². The van der Waals surface area contributed by atoms with Gasteiger partial charge in [0, 0.05) is 32.9 Å². The molecule has 13 rings (SSSR count). The van der Waals surface area contributed by atoms with E-state index in [-0.39, 0.29) is 0 Å². The summed E-state index contributed by atoms with van der Waals surface area (Å²) in [4.78, 5) is 0. The standard InChI is InChI=1S/C62H39N3/c63-40-41-23-25-42(26-24-41)43-27-31-48(32-28-43)64-58-21-11-8-18-52(58)54-37-44(29-35-60(54)64)45-30-36-61-55(38-45)53-19-9-12-22-59(53)65(61)49-33-34-51-50-17-7-10-20-56(50)62(57(51)39-49,46-13-3-1-4-14-46)47-15-5-2-6-16-47/h1-39H. The molecule has 0 atom stereocenters. The van der Waals surface area contributed by atoms with Crippen LogP contribution in [0, 0.1) is 11.3 Å². The van der Waals surface area contributed by atoms with Gasteiger partial charge in [-0.25, -0.2) is 0 Å². The van der Waals surface area contributed by atoms with E-state index in [4.69, 9.17) is 0 Å².